The molecule has 1 N–H and O–H groups in total. The number of rotatable bonds is 7. The Morgan fingerprint density at radius 1 is 1.00 bits per heavy atom. The number of carbonyl (C=O) groups excluding carboxylic acids is 1. The van der Waals surface area contributed by atoms with Gasteiger partial charge in [0.15, 0.2) is 0 Å². The third-order valence-electron chi connectivity index (χ3n) is 5.88. The number of piperazine rings is 1. The first-order valence-electron chi connectivity index (χ1n) is 10.6. The maximum absolute atomic E-state index is 12.3. The molecule has 1 amide bonds. The third kappa shape index (κ3) is 5.37. The first-order chi connectivity index (χ1) is 14.2. The average Bonchev–Trinajstić information content (AvgIpc) is 3.22. The van der Waals surface area contributed by atoms with Crippen LogP contribution in [0, 0.1) is 0 Å². The molecule has 0 radical (unpaired) electrons. The fraction of sp³-hybridized carbons (Fsp3) is 0.458. The quantitative estimate of drug-likeness (QED) is 0.786. The summed E-state index contributed by atoms with van der Waals surface area (Å²) in [4.78, 5) is 17.0. The summed E-state index contributed by atoms with van der Waals surface area (Å²) < 4.78 is 5.60. The van der Waals surface area contributed by atoms with Gasteiger partial charge in [0, 0.05) is 31.2 Å². The molecule has 29 heavy (non-hydrogen) atoms. The van der Waals surface area contributed by atoms with E-state index in [1.165, 1.54) is 42.6 Å². The minimum absolute atomic E-state index is 0.114. The number of nitrogens with zero attached hydrogens (tertiary/aromatic N) is 2. The summed E-state index contributed by atoms with van der Waals surface area (Å²) in [7, 11) is 1.74. The van der Waals surface area contributed by atoms with Gasteiger partial charge in [-0.25, -0.2) is 0 Å². The Labute approximate surface area is 173 Å². The van der Waals surface area contributed by atoms with Crippen molar-refractivity contribution >= 4 is 5.91 Å². The van der Waals surface area contributed by atoms with Crippen molar-refractivity contribution in [2.24, 2.45) is 0 Å². The van der Waals surface area contributed by atoms with Gasteiger partial charge in [0.2, 0.25) is 5.91 Å². The van der Waals surface area contributed by atoms with E-state index in [4.69, 9.17) is 4.74 Å². The largest absolute Gasteiger partial charge is 0.496 e. The van der Waals surface area contributed by atoms with Crippen molar-refractivity contribution in [1.82, 2.24) is 15.1 Å². The fourth-order valence-electron chi connectivity index (χ4n) is 4.53. The van der Waals surface area contributed by atoms with Crippen molar-refractivity contribution in [3.63, 3.8) is 0 Å². The second-order valence-corrected chi connectivity index (χ2v) is 8.25. The Morgan fingerprint density at radius 2 is 1.79 bits per heavy atom. The summed E-state index contributed by atoms with van der Waals surface area (Å²) in [6.07, 6.45) is 3.44. The molecule has 2 aromatic carbocycles. The molecule has 0 saturated carbocycles. The summed E-state index contributed by atoms with van der Waals surface area (Å²) in [5.74, 6) is 1.07. The molecule has 5 nitrogen and oxygen atoms in total. The van der Waals surface area contributed by atoms with E-state index in [0.717, 1.165) is 31.8 Å². The first-order valence-corrected chi connectivity index (χ1v) is 10.6. The van der Waals surface area contributed by atoms with E-state index >= 15 is 0 Å². The predicted octanol–water partition coefficient (Wildman–Crippen LogP) is 2.83. The van der Waals surface area contributed by atoms with E-state index in [9.17, 15) is 4.79 Å². The highest BCUT2D eigenvalue weighted by atomic mass is 16.5. The van der Waals surface area contributed by atoms with E-state index in [1.807, 2.05) is 6.07 Å². The van der Waals surface area contributed by atoms with Gasteiger partial charge in [-0.3, -0.25) is 14.6 Å². The molecule has 4 rings (SSSR count). The van der Waals surface area contributed by atoms with Gasteiger partial charge in [-0.15, -0.1) is 0 Å². The molecule has 0 bridgehead atoms. The van der Waals surface area contributed by atoms with Gasteiger partial charge in [-0.2, -0.15) is 0 Å². The van der Waals surface area contributed by atoms with Crippen LogP contribution in [0.1, 0.15) is 29.5 Å². The zero-order valence-corrected chi connectivity index (χ0v) is 17.3. The number of benzene rings is 2. The minimum atomic E-state index is 0.114. The second-order valence-electron chi connectivity index (χ2n) is 8.25. The number of methoxy groups -OCH3 is 1. The van der Waals surface area contributed by atoms with Crippen molar-refractivity contribution in [2.45, 2.75) is 38.4 Å². The van der Waals surface area contributed by atoms with Crippen LogP contribution in [0.3, 0.4) is 0 Å². The van der Waals surface area contributed by atoms with Crippen molar-refractivity contribution < 1.29 is 9.53 Å². The van der Waals surface area contributed by atoms with Gasteiger partial charge < -0.3 is 10.1 Å². The van der Waals surface area contributed by atoms with Crippen molar-refractivity contribution in [3.05, 3.63) is 65.2 Å². The maximum atomic E-state index is 12.3. The Bertz CT molecular complexity index is 818. The molecule has 2 aliphatic rings. The van der Waals surface area contributed by atoms with Crippen LogP contribution in [0.5, 0.6) is 5.75 Å². The number of amides is 1. The van der Waals surface area contributed by atoms with Gasteiger partial charge in [0.1, 0.15) is 5.75 Å². The summed E-state index contributed by atoms with van der Waals surface area (Å²) in [5, 5.41) is 3.15. The highest BCUT2D eigenvalue weighted by Gasteiger charge is 2.25. The summed E-state index contributed by atoms with van der Waals surface area (Å²) in [6, 6.07) is 17.0. The molecular weight excluding hydrogens is 362 g/mol. The third-order valence-corrected chi connectivity index (χ3v) is 5.88. The SMILES string of the molecule is COc1ccc(CN2CC(=O)N[C@@H](Cc3ccccc3)C2)cc1CN1CCCC1. The van der Waals surface area contributed by atoms with Crippen LogP contribution in [0.25, 0.3) is 0 Å². The summed E-state index contributed by atoms with van der Waals surface area (Å²) in [5.41, 5.74) is 3.75. The first kappa shape index (κ1) is 19.9. The lowest BCUT2D eigenvalue weighted by Gasteiger charge is -2.33. The summed E-state index contributed by atoms with van der Waals surface area (Å²) >= 11 is 0. The molecule has 2 saturated heterocycles. The zero-order chi connectivity index (χ0) is 20.1. The van der Waals surface area contributed by atoms with Crippen LogP contribution in [-0.2, 0) is 24.3 Å². The zero-order valence-electron chi connectivity index (χ0n) is 17.3. The van der Waals surface area contributed by atoms with E-state index in [-0.39, 0.29) is 11.9 Å². The average molecular weight is 394 g/mol. The normalized spacial score (nSPS) is 20.6. The van der Waals surface area contributed by atoms with E-state index < -0.39 is 0 Å². The van der Waals surface area contributed by atoms with E-state index in [2.05, 4.69) is 57.6 Å². The van der Waals surface area contributed by atoms with Gasteiger partial charge in [0.05, 0.1) is 13.7 Å². The molecule has 2 fully saturated rings. The van der Waals surface area contributed by atoms with Crippen LogP contribution >= 0.6 is 0 Å². The van der Waals surface area contributed by atoms with Gasteiger partial charge in [0.25, 0.3) is 0 Å². The lowest BCUT2D eigenvalue weighted by atomic mass is 10.0. The van der Waals surface area contributed by atoms with Gasteiger partial charge in [-0.1, -0.05) is 36.4 Å². The molecule has 2 heterocycles. The molecule has 0 aliphatic carbocycles. The molecule has 5 heteroatoms. The molecule has 1 atom stereocenters. The maximum Gasteiger partial charge on any atom is 0.234 e. The Kier molecular flexibility index (Phi) is 6.47. The second kappa shape index (κ2) is 9.42. The topological polar surface area (TPSA) is 44.8 Å². The lowest BCUT2D eigenvalue weighted by Crippen LogP contribution is -2.54. The van der Waals surface area contributed by atoms with E-state index in [1.54, 1.807) is 7.11 Å². The van der Waals surface area contributed by atoms with Crippen LogP contribution < -0.4 is 10.1 Å². The molecule has 0 spiro atoms. The standard InChI is InChI=1S/C24H31N3O2/c1-29-23-10-9-20(13-21(23)16-26-11-5-6-12-26)15-27-17-22(25-24(28)18-27)14-19-7-3-2-4-8-19/h2-4,7-10,13,22H,5-6,11-12,14-18H2,1H3,(H,25,28)/t22-/m0/s1. The van der Waals surface area contributed by atoms with Gasteiger partial charge >= 0.3 is 0 Å². The minimum Gasteiger partial charge on any atom is -0.496 e. The molecule has 2 aliphatic heterocycles. The molecular formula is C24H31N3O2. The number of hydrogen-bond acceptors (Lipinski definition) is 4. The van der Waals surface area contributed by atoms with Crippen LogP contribution in [-0.4, -0.2) is 55.0 Å². The number of likely N-dealkylation sites (tertiary alicyclic amines) is 1. The van der Waals surface area contributed by atoms with E-state index in [0.29, 0.717) is 6.54 Å². The molecule has 154 valence electrons. The van der Waals surface area contributed by atoms with Crippen LogP contribution in [0.2, 0.25) is 0 Å². The highest BCUT2D eigenvalue weighted by molar-refractivity contribution is 5.79. The predicted molar refractivity (Wildman–Crippen MR) is 115 cm³/mol. The Hall–Kier alpha value is -2.37. The summed E-state index contributed by atoms with van der Waals surface area (Å²) in [6.45, 7) is 5.39. The Morgan fingerprint density at radius 3 is 2.55 bits per heavy atom. The van der Waals surface area contributed by atoms with Crippen molar-refractivity contribution in [3.8, 4) is 5.75 Å². The van der Waals surface area contributed by atoms with Crippen LogP contribution in [0.4, 0.5) is 0 Å². The van der Waals surface area contributed by atoms with Crippen molar-refractivity contribution in [1.29, 1.82) is 0 Å². The molecule has 0 aromatic heterocycles. The highest BCUT2D eigenvalue weighted by Crippen LogP contribution is 2.24. The molecule has 0 unspecified atom stereocenters. The number of hydrogen-bond donors (Lipinski definition) is 1. The van der Waals surface area contributed by atoms with Crippen LogP contribution in [0.15, 0.2) is 48.5 Å². The fourth-order valence-corrected chi connectivity index (χ4v) is 4.53. The Balaban J connectivity index is 1.42. The number of ether oxygens (including phenoxy) is 1. The lowest BCUT2D eigenvalue weighted by molar-refractivity contribution is -0.125. The van der Waals surface area contributed by atoms with Crippen molar-refractivity contribution in [2.75, 3.05) is 33.3 Å². The smallest absolute Gasteiger partial charge is 0.234 e. The monoisotopic (exact) mass is 393 g/mol. The number of nitrogens with one attached hydrogen (secondary N) is 1. The number of carbonyl (C=O) groups is 1. The van der Waals surface area contributed by atoms with Gasteiger partial charge in [-0.05, 0) is 55.6 Å². The molecule has 2 aromatic rings.